The van der Waals surface area contributed by atoms with Gasteiger partial charge in [-0.3, -0.25) is 0 Å². The number of alkyl halides is 1. The fourth-order valence-corrected chi connectivity index (χ4v) is 2.03. The molecule has 0 amide bonds. The molecule has 1 rings (SSSR count). The first-order valence-electron chi connectivity index (χ1n) is 5.72. The number of rotatable bonds is 4. The maximum atomic E-state index is 5.95. The molecule has 84 valence electrons. The summed E-state index contributed by atoms with van der Waals surface area (Å²) in [7, 11) is 0. The molecule has 0 saturated heterocycles. The molecule has 0 unspecified atom stereocenters. The number of halogens is 1. The maximum Gasteiger partial charge on any atom is 0.0476 e. The Balaban J connectivity index is 3.02. The van der Waals surface area contributed by atoms with E-state index in [1.165, 1.54) is 16.7 Å². The highest BCUT2D eigenvalue weighted by molar-refractivity contribution is 6.17. The van der Waals surface area contributed by atoms with E-state index in [0.717, 1.165) is 6.42 Å². The van der Waals surface area contributed by atoms with Crippen LogP contribution in [0, 0.1) is 5.92 Å². The Morgan fingerprint density at radius 3 is 2.20 bits per heavy atom. The van der Waals surface area contributed by atoms with Crippen LogP contribution in [0.2, 0.25) is 0 Å². The SMILES string of the molecule is CC(C)Cc1cc(C(C)C)ccc1CCl. The van der Waals surface area contributed by atoms with Crippen LogP contribution < -0.4 is 0 Å². The summed E-state index contributed by atoms with van der Waals surface area (Å²) in [6.07, 6.45) is 1.13. The van der Waals surface area contributed by atoms with Crippen molar-refractivity contribution in [3.63, 3.8) is 0 Å². The smallest absolute Gasteiger partial charge is 0.0476 e. The summed E-state index contributed by atoms with van der Waals surface area (Å²) in [6, 6.07) is 6.70. The first kappa shape index (κ1) is 12.6. The van der Waals surface area contributed by atoms with Crippen LogP contribution in [-0.4, -0.2) is 0 Å². The summed E-state index contributed by atoms with van der Waals surface area (Å²) in [4.78, 5) is 0. The van der Waals surface area contributed by atoms with E-state index >= 15 is 0 Å². The van der Waals surface area contributed by atoms with E-state index in [1.807, 2.05) is 0 Å². The third-order valence-electron chi connectivity index (χ3n) is 2.67. The lowest BCUT2D eigenvalue weighted by atomic mass is 9.93. The Morgan fingerprint density at radius 2 is 1.73 bits per heavy atom. The maximum absolute atomic E-state index is 5.95. The molecular weight excluding hydrogens is 204 g/mol. The van der Waals surface area contributed by atoms with E-state index in [0.29, 0.717) is 17.7 Å². The fourth-order valence-electron chi connectivity index (χ4n) is 1.77. The zero-order valence-corrected chi connectivity index (χ0v) is 10.9. The molecule has 0 aliphatic heterocycles. The normalized spacial score (nSPS) is 11.4. The highest BCUT2D eigenvalue weighted by atomic mass is 35.5. The minimum absolute atomic E-state index is 0.597. The van der Waals surface area contributed by atoms with Gasteiger partial charge in [0.1, 0.15) is 0 Å². The van der Waals surface area contributed by atoms with Gasteiger partial charge in [0.15, 0.2) is 0 Å². The van der Waals surface area contributed by atoms with Gasteiger partial charge in [-0.15, -0.1) is 11.6 Å². The Morgan fingerprint density at radius 1 is 1.07 bits per heavy atom. The van der Waals surface area contributed by atoms with E-state index < -0.39 is 0 Å². The van der Waals surface area contributed by atoms with Crippen molar-refractivity contribution in [3.05, 3.63) is 34.9 Å². The van der Waals surface area contributed by atoms with Gasteiger partial charge in [-0.05, 0) is 34.9 Å². The molecule has 0 saturated carbocycles. The van der Waals surface area contributed by atoms with Crippen LogP contribution in [0.15, 0.2) is 18.2 Å². The molecule has 0 fully saturated rings. The summed E-state index contributed by atoms with van der Waals surface area (Å²) in [5.41, 5.74) is 4.13. The number of hydrogen-bond donors (Lipinski definition) is 0. The monoisotopic (exact) mass is 224 g/mol. The van der Waals surface area contributed by atoms with Crippen LogP contribution in [0.3, 0.4) is 0 Å². The molecule has 0 heterocycles. The van der Waals surface area contributed by atoms with Gasteiger partial charge < -0.3 is 0 Å². The second-order valence-electron chi connectivity index (χ2n) is 4.91. The average molecular weight is 225 g/mol. The van der Waals surface area contributed by atoms with Gasteiger partial charge in [0.2, 0.25) is 0 Å². The third-order valence-corrected chi connectivity index (χ3v) is 2.96. The topological polar surface area (TPSA) is 0 Å². The molecule has 0 nitrogen and oxygen atoms in total. The predicted molar refractivity (Wildman–Crippen MR) is 68.6 cm³/mol. The molecule has 0 aromatic heterocycles. The Kier molecular flexibility index (Phi) is 4.66. The first-order valence-corrected chi connectivity index (χ1v) is 6.25. The minimum Gasteiger partial charge on any atom is -0.122 e. The van der Waals surface area contributed by atoms with Crippen molar-refractivity contribution >= 4 is 11.6 Å². The van der Waals surface area contributed by atoms with Gasteiger partial charge in [0.05, 0.1) is 0 Å². The summed E-state index contributed by atoms with van der Waals surface area (Å²) in [6.45, 7) is 8.96. The van der Waals surface area contributed by atoms with Crippen molar-refractivity contribution < 1.29 is 0 Å². The van der Waals surface area contributed by atoms with E-state index in [4.69, 9.17) is 11.6 Å². The van der Waals surface area contributed by atoms with Gasteiger partial charge in [0, 0.05) is 5.88 Å². The standard InChI is InChI=1S/C14H21Cl/c1-10(2)7-14-8-12(11(3)4)5-6-13(14)9-15/h5-6,8,10-11H,7,9H2,1-4H3. The molecule has 0 aliphatic rings. The Labute approximate surface area is 98.7 Å². The summed E-state index contributed by atoms with van der Waals surface area (Å²) in [5, 5.41) is 0. The van der Waals surface area contributed by atoms with Crippen LogP contribution in [0.4, 0.5) is 0 Å². The molecule has 0 N–H and O–H groups in total. The lowest BCUT2D eigenvalue weighted by molar-refractivity contribution is 0.643. The third kappa shape index (κ3) is 3.53. The highest BCUT2D eigenvalue weighted by Crippen LogP contribution is 2.22. The van der Waals surface area contributed by atoms with Crippen molar-refractivity contribution in [3.8, 4) is 0 Å². The average Bonchev–Trinajstić information content (AvgIpc) is 2.16. The van der Waals surface area contributed by atoms with Crippen LogP contribution in [0.5, 0.6) is 0 Å². The molecule has 0 spiro atoms. The van der Waals surface area contributed by atoms with E-state index in [-0.39, 0.29) is 0 Å². The Bertz CT molecular complexity index is 313. The quantitative estimate of drug-likeness (QED) is 0.648. The number of hydrogen-bond acceptors (Lipinski definition) is 0. The molecular formula is C14H21Cl. The second-order valence-corrected chi connectivity index (χ2v) is 5.18. The van der Waals surface area contributed by atoms with E-state index in [9.17, 15) is 0 Å². The van der Waals surface area contributed by atoms with Crippen LogP contribution >= 0.6 is 11.6 Å². The first-order chi connectivity index (χ1) is 7.04. The van der Waals surface area contributed by atoms with Crippen molar-refractivity contribution in [2.24, 2.45) is 5.92 Å². The summed E-state index contributed by atoms with van der Waals surface area (Å²) < 4.78 is 0. The second kappa shape index (κ2) is 5.55. The minimum atomic E-state index is 0.597. The zero-order chi connectivity index (χ0) is 11.4. The largest absolute Gasteiger partial charge is 0.122 e. The number of benzene rings is 1. The van der Waals surface area contributed by atoms with Gasteiger partial charge in [-0.25, -0.2) is 0 Å². The molecule has 15 heavy (non-hydrogen) atoms. The van der Waals surface area contributed by atoms with Crippen molar-refractivity contribution in [2.45, 2.75) is 45.9 Å². The van der Waals surface area contributed by atoms with Crippen molar-refractivity contribution in [2.75, 3.05) is 0 Å². The highest BCUT2D eigenvalue weighted by Gasteiger charge is 2.07. The Hall–Kier alpha value is -0.490. The van der Waals surface area contributed by atoms with Gasteiger partial charge in [0.25, 0.3) is 0 Å². The molecule has 1 aromatic rings. The van der Waals surface area contributed by atoms with E-state index in [2.05, 4.69) is 45.9 Å². The van der Waals surface area contributed by atoms with Crippen molar-refractivity contribution in [1.29, 1.82) is 0 Å². The molecule has 0 bridgehead atoms. The van der Waals surface area contributed by atoms with Gasteiger partial charge in [-0.1, -0.05) is 45.9 Å². The van der Waals surface area contributed by atoms with Crippen LogP contribution in [-0.2, 0) is 12.3 Å². The van der Waals surface area contributed by atoms with Gasteiger partial charge >= 0.3 is 0 Å². The van der Waals surface area contributed by atoms with Crippen molar-refractivity contribution in [1.82, 2.24) is 0 Å². The van der Waals surface area contributed by atoms with Crippen LogP contribution in [0.25, 0.3) is 0 Å². The lowest BCUT2D eigenvalue weighted by Crippen LogP contribution is -2.00. The lowest BCUT2D eigenvalue weighted by Gasteiger charge is -2.13. The molecule has 0 atom stereocenters. The molecule has 0 aliphatic carbocycles. The molecule has 1 aromatic carbocycles. The molecule has 1 heteroatoms. The van der Waals surface area contributed by atoms with E-state index in [1.54, 1.807) is 0 Å². The van der Waals surface area contributed by atoms with Gasteiger partial charge in [-0.2, -0.15) is 0 Å². The van der Waals surface area contributed by atoms with Crippen LogP contribution in [0.1, 0.15) is 50.3 Å². The zero-order valence-electron chi connectivity index (χ0n) is 10.2. The fraction of sp³-hybridized carbons (Fsp3) is 0.571. The summed E-state index contributed by atoms with van der Waals surface area (Å²) in [5.74, 6) is 1.91. The summed E-state index contributed by atoms with van der Waals surface area (Å²) >= 11 is 5.95. The predicted octanol–water partition coefficient (Wildman–Crippen LogP) is 4.75. The molecule has 0 radical (unpaired) electrons.